The minimum absolute atomic E-state index is 0.125. The van der Waals surface area contributed by atoms with Gasteiger partial charge in [0.25, 0.3) is 0 Å². The van der Waals surface area contributed by atoms with Crippen LogP contribution in [-0.2, 0) is 0 Å². The monoisotopic (exact) mass is 191 g/mol. The van der Waals surface area contributed by atoms with E-state index >= 15 is 0 Å². The van der Waals surface area contributed by atoms with Gasteiger partial charge in [-0.1, -0.05) is 6.92 Å². The zero-order valence-electron chi connectivity index (χ0n) is 8.77. The molecule has 3 atom stereocenters. The van der Waals surface area contributed by atoms with Crippen LogP contribution in [0.15, 0.2) is 18.5 Å². The second kappa shape index (κ2) is 3.70. The van der Waals surface area contributed by atoms with Crippen LogP contribution in [0.4, 0.5) is 0 Å². The number of pyridine rings is 1. The van der Waals surface area contributed by atoms with Gasteiger partial charge in [0.2, 0.25) is 0 Å². The summed E-state index contributed by atoms with van der Waals surface area (Å²) < 4.78 is 0. The highest BCUT2D eigenvalue weighted by Crippen LogP contribution is 2.40. The summed E-state index contributed by atoms with van der Waals surface area (Å²) in [6.45, 7) is 4.25. The van der Waals surface area contributed by atoms with Crippen molar-refractivity contribution < 1.29 is 5.11 Å². The molecule has 3 unspecified atom stereocenters. The van der Waals surface area contributed by atoms with E-state index in [9.17, 15) is 5.11 Å². The topological polar surface area (TPSA) is 33.1 Å². The summed E-state index contributed by atoms with van der Waals surface area (Å²) in [4.78, 5) is 4.17. The van der Waals surface area contributed by atoms with Gasteiger partial charge >= 0.3 is 0 Å². The fraction of sp³-hybridized carbons (Fsp3) is 0.583. The first-order valence-electron chi connectivity index (χ1n) is 5.28. The molecule has 2 heteroatoms. The van der Waals surface area contributed by atoms with Gasteiger partial charge < -0.3 is 5.11 Å². The Bertz CT molecular complexity index is 324. The van der Waals surface area contributed by atoms with E-state index in [2.05, 4.69) is 18.8 Å². The minimum Gasteiger partial charge on any atom is -0.393 e. The van der Waals surface area contributed by atoms with Gasteiger partial charge in [-0.05, 0) is 48.8 Å². The zero-order valence-corrected chi connectivity index (χ0v) is 8.77. The van der Waals surface area contributed by atoms with Crippen molar-refractivity contribution in [2.45, 2.75) is 38.7 Å². The number of aliphatic hydroxyl groups is 1. The molecule has 1 aromatic rings. The fourth-order valence-corrected chi connectivity index (χ4v) is 2.45. The second-order valence-electron chi connectivity index (χ2n) is 4.34. The number of hydrogen-bond donors (Lipinski definition) is 1. The molecule has 0 spiro atoms. The van der Waals surface area contributed by atoms with Crippen LogP contribution in [0.2, 0.25) is 0 Å². The number of aliphatic hydroxyl groups excluding tert-OH is 1. The van der Waals surface area contributed by atoms with Crippen molar-refractivity contribution in [1.82, 2.24) is 4.98 Å². The number of hydrogen-bond acceptors (Lipinski definition) is 2. The van der Waals surface area contributed by atoms with Crippen molar-refractivity contribution in [2.75, 3.05) is 0 Å². The Labute approximate surface area is 85.0 Å². The van der Waals surface area contributed by atoms with Crippen LogP contribution in [-0.4, -0.2) is 16.2 Å². The van der Waals surface area contributed by atoms with Gasteiger partial charge in [0.15, 0.2) is 0 Å². The highest BCUT2D eigenvalue weighted by molar-refractivity contribution is 5.27. The molecule has 0 saturated heterocycles. The van der Waals surface area contributed by atoms with E-state index in [1.54, 1.807) is 0 Å². The smallest absolute Gasteiger partial charge is 0.0571 e. The molecule has 1 fully saturated rings. The quantitative estimate of drug-likeness (QED) is 0.738. The molecule has 14 heavy (non-hydrogen) atoms. The van der Waals surface area contributed by atoms with E-state index in [0.29, 0.717) is 11.8 Å². The Morgan fingerprint density at radius 3 is 2.79 bits per heavy atom. The SMILES string of the molecule is Cc1ccncc1C1CCC(O)C1C. The van der Waals surface area contributed by atoms with Crippen molar-refractivity contribution >= 4 is 0 Å². The van der Waals surface area contributed by atoms with Gasteiger partial charge in [-0.2, -0.15) is 0 Å². The third-order valence-electron chi connectivity index (χ3n) is 3.49. The average molecular weight is 191 g/mol. The Morgan fingerprint density at radius 2 is 2.21 bits per heavy atom. The molecule has 2 rings (SSSR count). The first kappa shape index (κ1) is 9.66. The molecule has 2 nitrogen and oxygen atoms in total. The third kappa shape index (κ3) is 1.55. The summed E-state index contributed by atoms with van der Waals surface area (Å²) in [7, 11) is 0. The average Bonchev–Trinajstić information content (AvgIpc) is 2.49. The van der Waals surface area contributed by atoms with Crippen LogP contribution in [0.5, 0.6) is 0 Å². The van der Waals surface area contributed by atoms with Crippen LogP contribution in [0, 0.1) is 12.8 Å². The Morgan fingerprint density at radius 1 is 1.43 bits per heavy atom. The maximum atomic E-state index is 9.70. The van der Waals surface area contributed by atoms with Gasteiger partial charge in [0, 0.05) is 12.4 Å². The molecular formula is C12H17NO. The molecule has 1 saturated carbocycles. The third-order valence-corrected chi connectivity index (χ3v) is 3.49. The summed E-state index contributed by atoms with van der Waals surface area (Å²) in [5, 5.41) is 9.70. The first-order valence-corrected chi connectivity index (χ1v) is 5.28. The van der Waals surface area contributed by atoms with Crippen molar-refractivity contribution in [3.63, 3.8) is 0 Å². The lowest BCUT2D eigenvalue weighted by molar-refractivity contribution is 0.136. The van der Waals surface area contributed by atoms with Crippen LogP contribution >= 0.6 is 0 Å². The molecule has 0 aromatic carbocycles. The lowest BCUT2D eigenvalue weighted by atomic mass is 9.88. The van der Waals surface area contributed by atoms with E-state index in [-0.39, 0.29) is 6.10 Å². The van der Waals surface area contributed by atoms with Crippen molar-refractivity contribution in [1.29, 1.82) is 0 Å². The molecule has 1 heterocycles. The predicted molar refractivity (Wildman–Crippen MR) is 56.1 cm³/mol. The standard InChI is InChI=1S/C12H17NO/c1-8-5-6-13-7-11(8)10-3-4-12(14)9(10)2/h5-7,9-10,12,14H,3-4H2,1-2H3. The molecule has 1 aromatic heterocycles. The molecule has 1 aliphatic rings. The summed E-state index contributed by atoms with van der Waals surface area (Å²) in [5.41, 5.74) is 2.61. The van der Waals surface area contributed by atoms with E-state index in [4.69, 9.17) is 0 Å². The lowest BCUT2D eigenvalue weighted by Crippen LogP contribution is -2.14. The molecule has 0 radical (unpaired) electrons. The molecule has 0 bridgehead atoms. The largest absolute Gasteiger partial charge is 0.393 e. The van der Waals surface area contributed by atoms with Gasteiger partial charge in [-0.15, -0.1) is 0 Å². The Kier molecular flexibility index (Phi) is 2.55. The van der Waals surface area contributed by atoms with Crippen LogP contribution in [0.25, 0.3) is 0 Å². The number of aromatic nitrogens is 1. The predicted octanol–water partition coefficient (Wildman–Crippen LogP) is 2.26. The van der Waals surface area contributed by atoms with E-state index in [1.807, 2.05) is 18.5 Å². The Balaban J connectivity index is 2.28. The minimum atomic E-state index is -0.125. The molecular weight excluding hydrogens is 174 g/mol. The summed E-state index contributed by atoms with van der Waals surface area (Å²) in [5.74, 6) is 0.872. The molecule has 1 aliphatic carbocycles. The molecule has 0 amide bonds. The van der Waals surface area contributed by atoms with Crippen molar-refractivity contribution in [2.24, 2.45) is 5.92 Å². The summed E-state index contributed by atoms with van der Waals surface area (Å²) in [6, 6.07) is 2.05. The highest BCUT2D eigenvalue weighted by atomic mass is 16.3. The van der Waals surface area contributed by atoms with Gasteiger partial charge in [-0.3, -0.25) is 4.98 Å². The fourth-order valence-electron chi connectivity index (χ4n) is 2.45. The van der Waals surface area contributed by atoms with E-state index in [1.165, 1.54) is 11.1 Å². The Hall–Kier alpha value is -0.890. The van der Waals surface area contributed by atoms with Crippen LogP contribution in [0.1, 0.15) is 36.8 Å². The second-order valence-corrected chi connectivity index (χ2v) is 4.34. The normalized spacial score (nSPS) is 32.1. The number of rotatable bonds is 1. The highest BCUT2D eigenvalue weighted by Gasteiger charge is 2.32. The maximum absolute atomic E-state index is 9.70. The van der Waals surface area contributed by atoms with Gasteiger partial charge in [-0.25, -0.2) is 0 Å². The first-order chi connectivity index (χ1) is 6.70. The molecule has 0 aliphatic heterocycles. The number of nitrogens with zero attached hydrogens (tertiary/aromatic N) is 1. The van der Waals surface area contributed by atoms with Crippen LogP contribution < -0.4 is 0 Å². The summed E-state index contributed by atoms with van der Waals surface area (Å²) >= 11 is 0. The molecule has 76 valence electrons. The van der Waals surface area contributed by atoms with E-state index < -0.39 is 0 Å². The zero-order chi connectivity index (χ0) is 10.1. The van der Waals surface area contributed by atoms with Crippen LogP contribution in [0.3, 0.4) is 0 Å². The van der Waals surface area contributed by atoms with Gasteiger partial charge in [0.05, 0.1) is 6.10 Å². The maximum Gasteiger partial charge on any atom is 0.0571 e. The van der Waals surface area contributed by atoms with Crippen molar-refractivity contribution in [3.05, 3.63) is 29.6 Å². The number of aryl methyl sites for hydroxylation is 1. The molecule has 1 N–H and O–H groups in total. The lowest BCUT2D eigenvalue weighted by Gasteiger charge is -2.19. The summed E-state index contributed by atoms with van der Waals surface area (Å²) in [6.07, 6.45) is 5.68. The van der Waals surface area contributed by atoms with Gasteiger partial charge in [0.1, 0.15) is 0 Å². The van der Waals surface area contributed by atoms with E-state index in [0.717, 1.165) is 12.8 Å². The van der Waals surface area contributed by atoms with Crippen molar-refractivity contribution in [3.8, 4) is 0 Å².